The lowest BCUT2D eigenvalue weighted by Gasteiger charge is -2.19. The van der Waals surface area contributed by atoms with Gasteiger partial charge in [0.2, 0.25) is 6.23 Å². The first kappa shape index (κ1) is 16.6. The van der Waals surface area contributed by atoms with Gasteiger partial charge in [0.1, 0.15) is 0 Å². The molecule has 0 amide bonds. The predicted molar refractivity (Wildman–Crippen MR) is 87.5 cm³/mol. The third-order valence-electron chi connectivity index (χ3n) is 3.04. The van der Waals surface area contributed by atoms with Gasteiger partial charge in [-0.05, 0) is 24.1 Å². The molecular formula is C16H15Cl2NO3. The number of ether oxygens (including phenoxy) is 1. The first-order valence-corrected chi connectivity index (χ1v) is 7.34. The minimum atomic E-state index is -1.25. The molecule has 0 radical (unpaired) electrons. The van der Waals surface area contributed by atoms with Crippen molar-refractivity contribution in [2.45, 2.75) is 19.8 Å². The van der Waals surface area contributed by atoms with Crippen LogP contribution in [-0.4, -0.2) is 17.3 Å². The number of hydrogen-bond acceptors (Lipinski definition) is 3. The summed E-state index contributed by atoms with van der Waals surface area (Å²) in [6.07, 6.45) is -1.25. The number of carboxylic acids is 1. The summed E-state index contributed by atoms with van der Waals surface area (Å²) in [6, 6.07) is 12.7. The molecule has 0 fully saturated rings. The van der Waals surface area contributed by atoms with Crippen molar-refractivity contribution in [2.24, 2.45) is 0 Å². The first-order chi connectivity index (χ1) is 10.5. The molecule has 6 heteroatoms. The SMILES string of the molecule is Cc1ccc(Cl)c(NC(OCc2ccccc2)C(=O)O)c1Cl. The third-order valence-corrected chi connectivity index (χ3v) is 3.85. The number of benzene rings is 2. The molecule has 2 aromatic carbocycles. The molecule has 116 valence electrons. The summed E-state index contributed by atoms with van der Waals surface area (Å²) in [5.74, 6) is -1.15. The van der Waals surface area contributed by atoms with E-state index in [9.17, 15) is 9.90 Å². The van der Waals surface area contributed by atoms with E-state index in [1.165, 1.54) is 0 Å². The number of hydrogen-bond donors (Lipinski definition) is 2. The highest BCUT2D eigenvalue weighted by Crippen LogP contribution is 2.33. The van der Waals surface area contributed by atoms with Crippen molar-refractivity contribution in [1.29, 1.82) is 0 Å². The van der Waals surface area contributed by atoms with Gasteiger partial charge in [-0.25, -0.2) is 4.79 Å². The molecule has 0 saturated heterocycles. The second-order valence-electron chi connectivity index (χ2n) is 4.71. The van der Waals surface area contributed by atoms with Gasteiger partial charge in [-0.1, -0.05) is 59.6 Å². The topological polar surface area (TPSA) is 58.6 Å². The Balaban J connectivity index is 2.13. The van der Waals surface area contributed by atoms with Crippen LogP contribution in [0, 0.1) is 6.92 Å². The van der Waals surface area contributed by atoms with E-state index in [1.54, 1.807) is 12.1 Å². The van der Waals surface area contributed by atoms with Gasteiger partial charge < -0.3 is 15.2 Å². The molecule has 0 bridgehead atoms. The number of carboxylic acid groups (broad SMARTS) is 1. The van der Waals surface area contributed by atoms with Crippen LogP contribution in [0.25, 0.3) is 0 Å². The van der Waals surface area contributed by atoms with Crippen LogP contribution in [0.4, 0.5) is 5.69 Å². The molecule has 0 aliphatic carbocycles. The highest BCUT2D eigenvalue weighted by Gasteiger charge is 2.21. The van der Waals surface area contributed by atoms with E-state index in [4.69, 9.17) is 27.9 Å². The Bertz CT molecular complexity index is 662. The molecule has 2 rings (SSSR count). The normalized spacial score (nSPS) is 12.0. The number of nitrogens with one attached hydrogen (secondary N) is 1. The summed E-state index contributed by atoms with van der Waals surface area (Å²) in [5, 5.41) is 12.7. The fourth-order valence-corrected chi connectivity index (χ4v) is 2.33. The molecule has 22 heavy (non-hydrogen) atoms. The average molecular weight is 340 g/mol. The fourth-order valence-electron chi connectivity index (χ4n) is 1.85. The van der Waals surface area contributed by atoms with Gasteiger partial charge in [0, 0.05) is 0 Å². The number of aliphatic carboxylic acids is 1. The van der Waals surface area contributed by atoms with Gasteiger partial charge >= 0.3 is 5.97 Å². The van der Waals surface area contributed by atoms with Gasteiger partial charge in [-0.15, -0.1) is 0 Å². The van der Waals surface area contributed by atoms with Crippen molar-refractivity contribution in [2.75, 3.05) is 5.32 Å². The van der Waals surface area contributed by atoms with E-state index in [0.717, 1.165) is 11.1 Å². The number of halogens is 2. The van der Waals surface area contributed by atoms with E-state index in [2.05, 4.69) is 5.32 Å². The molecule has 0 saturated carbocycles. The van der Waals surface area contributed by atoms with Crippen LogP contribution in [0.3, 0.4) is 0 Å². The van der Waals surface area contributed by atoms with Crippen molar-refractivity contribution in [3.05, 3.63) is 63.6 Å². The van der Waals surface area contributed by atoms with Crippen LogP contribution in [0.5, 0.6) is 0 Å². The molecule has 0 aromatic heterocycles. The molecule has 2 aromatic rings. The van der Waals surface area contributed by atoms with E-state index in [-0.39, 0.29) is 6.61 Å². The molecular weight excluding hydrogens is 325 g/mol. The Kier molecular flexibility index (Phi) is 5.66. The fraction of sp³-hybridized carbons (Fsp3) is 0.188. The van der Waals surface area contributed by atoms with Crippen molar-refractivity contribution >= 4 is 34.9 Å². The highest BCUT2D eigenvalue weighted by molar-refractivity contribution is 6.39. The molecule has 2 N–H and O–H groups in total. The smallest absolute Gasteiger partial charge is 0.354 e. The van der Waals surface area contributed by atoms with Crippen molar-refractivity contribution in [3.63, 3.8) is 0 Å². The Labute approximate surface area is 138 Å². The van der Waals surface area contributed by atoms with E-state index < -0.39 is 12.2 Å². The van der Waals surface area contributed by atoms with Crippen LogP contribution < -0.4 is 5.32 Å². The summed E-state index contributed by atoms with van der Waals surface area (Å²) in [7, 11) is 0. The van der Waals surface area contributed by atoms with E-state index in [0.29, 0.717) is 15.7 Å². The Morgan fingerprint density at radius 3 is 2.55 bits per heavy atom. The number of rotatable bonds is 6. The first-order valence-electron chi connectivity index (χ1n) is 6.58. The highest BCUT2D eigenvalue weighted by atomic mass is 35.5. The molecule has 1 unspecified atom stereocenters. The number of carbonyl (C=O) groups is 1. The summed E-state index contributed by atoms with van der Waals surface area (Å²) in [4.78, 5) is 11.4. The maximum absolute atomic E-state index is 11.4. The second-order valence-corrected chi connectivity index (χ2v) is 5.50. The lowest BCUT2D eigenvalue weighted by molar-refractivity contribution is -0.149. The monoisotopic (exact) mass is 339 g/mol. The summed E-state index contributed by atoms with van der Waals surface area (Å²) in [6.45, 7) is 1.97. The lowest BCUT2D eigenvalue weighted by atomic mass is 10.2. The zero-order valence-corrected chi connectivity index (χ0v) is 13.4. The lowest BCUT2D eigenvalue weighted by Crippen LogP contribution is -2.32. The van der Waals surface area contributed by atoms with Gasteiger partial charge in [-0.3, -0.25) is 0 Å². The molecule has 1 atom stereocenters. The van der Waals surface area contributed by atoms with Crippen LogP contribution in [-0.2, 0) is 16.1 Å². The van der Waals surface area contributed by atoms with Crippen molar-refractivity contribution < 1.29 is 14.6 Å². The standard InChI is InChI=1S/C16H15Cl2NO3/c1-10-7-8-12(17)14(13(10)18)19-15(16(20)21)22-9-11-5-3-2-4-6-11/h2-8,15,19H,9H2,1H3,(H,20,21). The predicted octanol–water partition coefficient (Wildman–Crippen LogP) is 4.34. The number of anilines is 1. The summed E-state index contributed by atoms with van der Waals surface area (Å²) < 4.78 is 5.42. The zero-order valence-electron chi connectivity index (χ0n) is 11.8. The van der Waals surface area contributed by atoms with Crippen LogP contribution in [0.15, 0.2) is 42.5 Å². The summed E-state index contributed by atoms with van der Waals surface area (Å²) >= 11 is 12.2. The largest absolute Gasteiger partial charge is 0.478 e. The van der Waals surface area contributed by atoms with Gasteiger partial charge in [0.25, 0.3) is 0 Å². The molecule has 0 aliphatic heterocycles. The second kappa shape index (κ2) is 7.49. The molecule has 0 heterocycles. The quantitative estimate of drug-likeness (QED) is 0.768. The zero-order chi connectivity index (χ0) is 16.1. The van der Waals surface area contributed by atoms with Crippen molar-refractivity contribution in [1.82, 2.24) is 0 Å². The molecule has 4 nitrogen and oxygen atoms in total. The number of aryl methyl sites for hydroxylation is 1. The minimum absolute atomic E-state index is 0.159. The van der Waals surface area contributed by atoms with Crippen LogP contribution >= 0.6 is 23.2 Å². The van der Waals surface area contributed by atoms with Crippen molar-refractivity contribution in [3.8, 4) is 0 Å². The van der Waals surface area contributed by atoms with Crippen LogP contribution in [0.1, 0.15) is 11.1 Å². The third kappa shape index (κ3) is 4.13. The molecule has 0 spiro atoms. The minimum Gasteiger partial charge on any atom is -0.478 e. The molecule has 0 aliphatic rings. The van der Waals surface area contributed by atoms with Crippen LogP contribution in [0.2, 0.25) is 10.0 Å². The average Bonchev–Trinajstić information content (AvgIpc) is 2.51. The maximum Gasteiger partial charge on any atom is 0.354 e. The maximum atomic E-state index is 11.4. The van der Waals surface area contributed by atoms with E-state index in [1.807, 2.05) is 37.3 Å². The Morgan fingerprint density at radius 1 is 1.23 bits per heavy atom. The Morgan fingerprint density at radius 2 is 1.91 bits per heavy atom. The van der Waals surface area contributed by atoms with Gasteiger partial charge in [0.15, 0.2) is 0 Å². The Hall–Kier alpha value is -1.75. The summed E-state index contributed by atoms with van der Waals surface area (Å²) in [5.41, 5.74) is 2.02. The van der Waals surface area contributed by atoms with E-state index >= 15 is 0 Å². The van der Waals surface area contributed by atoms with Gasteiger partial charge in [0.05, 0.1) is 22.3 Å². The van der Waals surface area contributed by atoms with Gasteiger partial charge in [-0.2, -0.15) is 0 Å².